The zero-order valence-electron chi connectivity index (χ0n) is 13.1. The molecule has 116 valence electrons. The predicted octanol–water partition coefficient (Wildman–Crippen LogP) is 1.22. The van der Waals surface area contributed by atoms with Crippen LogP contribution in [0.25, 0.3) is 0 Å². The number of amides is 1. The molecule has 2 saturated heterocycles. The van der Waals surface area contributed by atoms with Crippen molar-refractivity contribution in [2.24, 2.45) is 0 Å². The lowest BCUT2D eigenvalue weighted by atomic mass is 10.1. The van der Waals surface area contributed by atoms with E-state index in [9.17, 15) is 4.79 Å². The molecule has 5 nitrogen and oxygen atoms in total. The first-order chi connectivity index (χ1) is 10.1. The van der Waals surface area contributed by atoms with Gasteiger partial charge in [-0.1, -0.05) is 6.92 Å². The van der Waals surface area contributed by atoms with Gasteiger partial charge in [0, 0.05) is 45.3 Å². The third kappa shape index (κ3) is 2.98. The third-order valence-electron chi connectivity index (χ3n) is 4.62. The fourth-order valence-electron chi connectivity index (χ4n) is 3.17. The quantitative estimate of drug-likeness (QED) is 0.842. The molecule has 0 bridgehead atoms. The lowest BCUT2D eigenvalue weighted by Crippen LogP contribution is -2.64. The maximum atomic E-state index is 12.5. The van der Waals surface area contributed by atoms with Gasteiger partial charge >= 0.3 is 0 Å². The van der Waals surface area contributed by atoms with E-state index in [0.717, 1.165) is 61.4 Å². The van der Waals surface area contributed by atoms with Crippen LogP contribution >= 0.6 is 11.3 Å². The average Bonchev–Trinajstić information content (AvgIpc) is 2.77. The Kier molecular flexibility index (Phi) is 4.28. The lowest BCUT2D eigenvalue weighted by molar-refractivity contribution is 0.00863. The largest absolute Gasteiger partial charge is 0.335 e. The Morgan fingerprint density at radius 3 is 2.43 bits per heavy atom. The number of aromatic nitrogens is 1. The first kappa shape index (κ1) is 14.9. The molecule has 1 aromatic heterocycles. The molecule has 2 aliphatic heterocycles. The molecule has 1 amide bonds. The highest BCUT2D eigenvalue weighted by Crippen LogP contribution is 2.24. The number of carbonyl (C=O) groups is 1. The Bertz CT molecular complexity index is 516. The Labute approximate surface area is 130 Å². The Hall–Kier alpha value is -0.980. The normalized spacial score (nSPS) is 21.6. The third-order valence-corrected chi connectivity index (χ3v) is 5.68. The van der Waals surface area contributed by atoms with Gasteiger partial charge in [-0.25, -0.2) is 4.98 Å². The van der Waals surface area contributed by atoms with Gasteiger partial charge in [0.2, 0.25) is 0 Å². The topological polar surface area (TPSA) is 39.7 Å². The summed E-state index contributed by atoms with van der Waals surface area (Å²) in [6.07, 6.45) is 0. The van der Waals surface area contributed by atoms with Gasteiger partial charge in [-0.2, -0.15) is 0 Å². The standard InChI is InChI=1S/C15H24N4OS/c1-4-17-5-7-18(8-6-17)13-9-19(10-13)15(20)14-11(2)16-12(3)21-14/h13H,4-10H2,1-3H3. The van der Waals surface area contributed by atoms with Gasteiger partial charge in [-0.3, -0.25) is 9.69 Å². The van der Waals surface area contributed by atoms with E-state index in [1.807, 2.05) is 18.7 Å². The molecule has 0 saturated carbocycles. The van der Waals surface area contributed by atoms with Gasteiger partial charge in [0.05, 0.1) is 10.7 Å². The second kappa shape index (κ2) is 6.02. The Morgan fingerprint density at radius 1 is 1.24 bits per heavy atom. The summed E-state index contributed by atoms with van der Waals surface area (Å²) in [4.78, 5) is 24.6. The number of hydrogen-bond donors (Lipinski definition) is 0. The van der Waals surface area contributed by atoms with Crippen LogP contribution in [-0.4, -0.2) is 77.4 Å². The molecule has 0 aromatic carbocycles. The molecule has 6 heteroatoms. The van der Waals surface area contributed by atoms with Crippen LogP contribution in [0.4, 0.5) is 0 Å². The van der Waals surface area contributed by atoms with E-state index in [1.165, 1.54) is 11.3 Å². The van der Waals surface area contributed by atoms with Gasteiger partial charge in [0.25, 0.3) is 5.91 Å². The molecule has 0 atom stereocenters. The van der Waals surface area contributed by atoms with E-state index in [0.29, 0.717) is 6.04 Å². The first-order valence-corrected chi connectivity index (χ1v) is 8.60. The van der Waals surface area contributed by atoms with Crippen molar-refractivity contribution in [3.63, 3.8) is 0 Å². The summed E-state index contributed by atoms with van der Waals surface area (Å²) >= 11 is 1.52. The van der Waals surface area contributed by atoms with Crippen molar-refractivity contribution in [1.29, 1.82) is 0 Å². The number of nitrogens with zero attached hydrogens (tertiary/aromatic N) is 4. The van der Waals surface area contributed by atoms with Crippen LogP contribution in [0.1, 0.15) is 27.3 Å². The number of rotatable bonds is 3. The van der Waals surface area contributed by atoms with Crippen molar-refractivity contribution in [3.05, 3.63) is 15.6 Å². The van der Waals surface area contributed by atoms with Crippen molar-refractivity contribution in [1.82, 2.24) is 19.7 Å². The molecule has 21 heavy (non-hydrogen) atoms. The highest BCUT2D eigenvalue weighted by Gasteiger charge is 2.37. The number of carbonyl (C=O) groups excluding carboxylic acids is 1. The van der Waals surface area contributed by atoms with Gasteiger partial charge in [-0.15, -0.1) is 11.3 Å². The number of piperazine rings is 1. The lowest BCUT2D eigenvalue weighted by Gasteiger charge is -2.48. The van der Waals surface area contributed by atoms with E-state index < -0.39 is 0 Å². The highest BCUT2D eigenvalue weighted by atomic mass is 32.1. The summed E-state index contributed by atoms with van der Waals surface area (Å²) in [6, 6.07) is 0.558. The molecule has 0 unspecified atom stereocenters. The number of likely N-dealkylation sites (N-methyl/N-ethyl adjacent to an activating group) is 1. The molecule has 0 aliphatic carbocycles. The molecule has 2 aliphatic rings. The molecule has 0 spiro atoms. The zero-order valence-corrected chi connectivity index (χ0v) is 13.9. The van der Waals surface area contributed by atoms with Crippen LogP contribution in [0.2, 0.25) is 0 Å². The van der Waals surface area contributed by atoms with E-state index in [2.05, 4.69) is 21.7 Å². The van der Waals surface area contributed by atoms with Crippen molar-refractivity contribution in [3.8, 4) is 0 Å². The molecule has 3 heterocycles. The van der Waals surface area contributed by atoms with Crippen LogP contribution in [0.15, 0.2) is 0 Å². The molecule has 0 N–H and O–H groups in total. The Morgan fingerprint density at radius 2 is 1.90 bits per heavy atom. The van der Waals surface area contributed by atoms with Gasteiger partial charge in [-0.05, 0) is 20.4 Å². The molecular weight excluding hydrogens is 284 g/mol. The fourth-order valence-corrected chi connectivity index (χ4v) is 4.06. The predicted molar refractivity (Wildman–Crippen MR) is 85.0 cm³/mol. The molecule has 0 radical (unpaired) electrons. The molecule has 3 rings (SSSR count). The summed E-state index contributed by atoms with van der Waals surface area (Å²) < 4.78 is 0. The average molecular weight is 308 g/mol. The van der Waals surface area contributed by atoms with Crippen molar-refractivity contribution >= 4 is 17.2 Å². The smallest absolute Gasteiger partial charge is 0.265 e. The monoisotopic (exact) mass is 308 g/mol. The molecule has 1 aromatic rings. The minimum absolute atomic E-state index is 0.168. The summed E-state index contributed by atoms with van der Waals surface area (Å²) in [5, 5.41) is 0.976. The zero-order chi connectivity index (χ0) is 15.0. The van der Waals surface area contributed by atoms with E-state index in [-0.39, 0.29) is 5.91 Å². The first-order valence-electron chi connectivity index (χ1n) is 7.78. The van der Waals surface area contributed by atoms with E-state index in [4.69, 9.17) is 0 Å². The highest BCUT2D eigenvalue weighted by molar-refractivity contribution is 7.13. The summed E-state index contributed by atoms with van der Waals surface area (Å²) in [6.45, 7) is 13.6. The van der Waals surface area contributed by atoms with Crippen molar-refractivity contribution < 1.29 is 4.79 Å². The van der Waals surface area contributed by atoms with Gasteiger partial charge < -0.3 is 9.80 Å². The number of hydrogen-bond acceptors (Lipinski definition) is 5. The Balaban J connectivity index is 1.52. The molecule has 2 fully saturated rings. The fraction of sp³-hybridized carbons (Fsp3) is 0.733. The van der Waals surface area contributed by atoms with Crippen molar-refractivity contribution in [2.75, 3.05) is 45.8 Å². The summed E-state index contributed by atoms with van der Waals surface area (Å²) in [5.74, 6) is 0.168. The maximum Gasteiger partial charge on any atom is 0.265 e. The van der Waals surface area contributed by atoms with Crippen LogP contribution in [0, 0.1) is 13.8 Å². The summed E-state index contributed by atoms with van der Waals surface area (Å²) in [5.41, 5.74) is 0.877. The minimum atomic E-state index is 0.168. The van der Waals surface area contributed by atoms with Crippen molar-refractivity contribution in [2.45, 2.75) is 26.8 Å². The second-order valence-corrected chi connectivity index (χ2v) is 7.18. The van der Waals surface area contributed by atoms with Crippen LogP contribution < -0.4 is 0 Å². The minimum Gasteiger partial charge on any atom is -0.335 e. The maximum absolute atomic E-state index is 12.5. The van der Waals surface area contributed by atoms with Crippen LogP contribution in [0.5, 0.6) is 0 Å². The van der Waals surface area contributed by atoms with Crippen LogP contribution in [-0.2, 0) is 0 Å². The van der Waals surface area contributed by atoms with Crippen LogP contribution in [0.3, 0.4) is 0 Å². The number of aryl methyl sites for hydroxylation is 2. The van der Waals surface area contributed by atoms with Gasteiger partial charge in [0.1, 0.15) is 4.88 Å². The second-order valence-electron chi connectivity index (χ2n) is 5.98. The summed E-state index contributed by atoms with van der Waals surface area (Å²) in [7, 11) is 0. The number of thiazole rings is 1. The molecular formula is C15H24N4OS. The van der Waals surface area contributed by atoms with E-state index >= 15 is 0 Å². The number of likely N-dealkylation sites (tertiary alicyclic amines) is 1. The van der Waals surface area contributed by atoms with E-state index in [1.54, 1.807) is 0 Å². The van der Waals surface area contributed by atoms with Gasteiger partial charge in [0.15, 0.2) is 0 Å². The SMILES string of the molecule is CCN1CCN(C2CN(C(=O)c3sc(C)nc3C)C2)CC1.